The predicted octanol–water partition coefficient (Wildman–Crippen LogP) is 18.4. The number of nitrogens with zero attached hydrogens (tertiary/aromatic N) is 7. The third-order valence-corrected chi connectivity index (χ3v) is 18.4. The van der Waals surface area contributed by atoms with Crippen molar-refractivity contribution in [1.29, 1.82) is 0 Å². The second-order valence-electron chi connectivity index (χ2n) is 26.0. The van der Waals surface area contributed by atoms with Gasteiger partial charge in [-0.3, -0.25) is 9.78 Å². The van der Waals surface area contributed by atoms with Crippen molar-refractivity contribution in [2.75, 3.05) is 58.1 Å². The number of anilines is 6. The van der Waals surface area contributed by atoms with Gasteiger partial charge in [-0.1, -0.05) is 102 Å². The van der Waals surface area contributed by atoms with Gasteiger partial charge < -0.3 is 37.2 Å². The maximum atomic E-state index is 17.0. The molecule has 21 heteroatoms. The average Bonchev–Trinajstić information content (AvgIpc) is 0.719. The number of aryl methyl sites for hydroxylation is 3. The molecule has 106 heavy (non-hydrogen) atoms. The Morgan fingerprint density at radius 3 is 1.81 bits per heavy atom. The fourth-order valence-corrected chi connectivity index (χ4v) is 13.2. The number of benzene rings is 8. The van der Waals surface area contributed by atoms with E-state index >= 15 is 17.6 Å². The van der Waals surface area contributed by atoms with E-state index in [-0.39, 0.29) is 71.1 Å². The lowest BCUT2D eigenvalue weighted by Crippen LogP contribution is -2.33. The Balaban J connectivity index is 1.07. The van der Waals surface area contributed by atoms with E-state index in [9.17, 15) is 18.0 Å². The van der Waals surface area contributed by atoms with Crippen molar-refractivity contribution in [1.82, 2.24) is 35.2 Å². The Hall–Kier alpha value is -12.5. The topological polar surface area (TPSA) is 184 Å². The van der Waals surface area contributed by atoms with E-state index in [0.717, 1.165) is 45.5 Å². The number of nitrogen functional groups attached to an aromatic ring is 1. The molecule has 0 aliphatic carbocycles. The summed E-state index contributed by atoms with van der Waals surface area (Å²) in [6, 6.07) is 51.7. The van der Waals surface area contributed by atoms with E-state index < -0.39 is 47.1 Å². The first-order valence-electron chi connectivity index (χ1n) is 34.5. The maximum absolute atomic E-state index is 17.0. The Kier molecular flexibility index (Phi) is 21.7. The number of hydrogen-bond acceptors (Lipinski definition) is 13. The van der Waals surface area contributed by atoms with Crippen LogP contribution in [0.3, 0.4) is 0 Å². The summed E-state index contributed by atoms with van der Waals surface area (Å²) in [4.78, 5) is 41.8. The lowest BCUT2D eigenvalue weighted by Gasteiger charge is -2.43. The minimum atomic E-state index is -4.70. The number of nitrogens with two attached hydrogens (primary N) is 1. The zero-order valence-electron chi connectivity index (χ0n) is 58.3. The molecular formula is C85H73F7N13O. The summed E-state index contributed by atoms with van der Waals surface area (Å²) in [7, 11) is 0. The van der Waals surface area contributed by atoms with Crippen molar-refractivity contribution >= 4 is 57.4 Å². The Morgan fingerprint density at radius 2 is 1.14 bits per heavy atom. The van der Waals surface area contributed by atoms with E-state index in [1.165, 1.54) is 80.1 Å². The van der Waals surface area contributed by atoms with Crippen LogP contribution in [0.15, 0.2) is 231 Å². The van der Waals surface area contributed by atoms with Crippen LogP contribution in [0.2, 0.25) is 0 Å². The molecule has 12 aromatic rings. The molecule has 7 N–H and O–H groups in total. The normalized spacial score (nSPS) is 13.3. The number of amides is 1. The van der Waals surface area contributed by atoms with Crippen LogP contribution in [0.1, 0.15) is 85.8 Å². The average molecular weight is 1430 g/mol. The summed E-state index contributed by atoms with van der Waals surface area (Å²) in [5.41, 5.74) is 17.2. The third-order valence-electron chi connectivity index (χ3n) is 18.4. The quantitative estimate of drug-likeness (QED) is 0.0298. The summed E-state index contributed by atoms with van der Waals surface area (Å²) in [5.74, 6) is -2.14. The van der Waals surface area contributed by atoms with Gasteiger partial charge in [-0.25, -0.2) is 37.5 Å². The fraction of sp³-hybridized carbons (Fsp3) is 0.165. The van der Waals surface area contributed by atoms with Crippen molar-refractivity contribution in [3.05, 3.63) is 327 Å². The SMILES string of the molecule is CC(=O)NC(CNc1cc(-c2cc(F)ccc2C2=C(c3ccc(F)cc3-c3cnc(N)nc3NCCc3ccc(C)cc3)N(c3ccc(F)cc3NCCc3ccc(C(F)(F)F)cc3-c3ncccn3)C(c3ccncc3)C(c3ccc(F)cc3NCCc3ccc(C)cc3)=[C]2)ccn1)c1ccc(C)cc1. The van der Waals surface area contributed by atoms with Crippen LogP contribution in [0.4, 0.5) is 65.4 Å². The second kappa shape index (κ2) is 32.0. The zero-order valence-corrected chi connectivity index (χ0v) is 58.3. The largest absolute Gasteiger partial charge is 0.416 e. The first-order valence-corrected chi connectivity index (χ1v) is 34.5. The highest BCUT2D eigenvalue weighted by molar-refractivity contribution is 6.12. The van der Waals surface area contributed by atoms with Crippen molar-refractivity contribution in [2.24, 2.45) is 0 Å². The minimum absolute atomic E-state index is 0.0115. The first kappa shape index (κ1) is 71.9. The molecule has 1 aliphatic heterocycles. The molecule has 13 rings (SSSR count). The summed E-state index contributed by atoms with van der Waals surface area (Å²) < 4.78 is 110. The molecule has 2 atom stereocenters. The van der Waals surface area contributed by atoms with Crippen LogP contribution < -0.4 is 37.2 Å². The van der Waals surface area contributed by atoms with Crippen LogP contribution in [-0.2, 0) is 30.2 Å². The summed E-state index contributed by atoms with van der Waals surface area (Å²) in [6.45, 7) is 8.30. The molecule has 4 aromatic heterocycles. The van der Waals surface area contributed by atoms with Crippen LogP contribution in [0.25, 0.3) is 50.5 Å². The standard InChI is InChI=1S/C85H73F7N13O/c1-51-6-12-55(13-7-51)28-38-95-75-46-64(88)21-25-67(75)73-48-72(66-24-20-62(86)44-69(66)60-33-41-97-79(42-60)101-50-77(103-54(4)106)58-16-10-53(3)11-17-58)81(68-26-22-63(87)45-71(68)74-49-102-84(93)104-83(74)100-39-29-56-14-8-52(2)9-15-56)105(80(73)59-30-36-94-37-31-59)78-27-23-65(89)47-76(78)96-40-32-57-18-19-61(85(90,91)92)43-70(57)82-98-34-5-35-99-82/h5-27,30-31,33-37,41-47,49,77,80,95-96H,28-29,32,38-40,50H2,1-4H3,(H,97,101)(H,103,106)(H3,93,100,102,104). The lowest BCUT2D eigenvalue weighted by atomic mass is 9.80. The second-order valence-corrected chi connectivity index (χ2v) is 26.0. The van der Waals surface area contributed by atoms with Crippen LogP contribution in [-0.4, -0.2) is 62.0 Å². The molecule has 5 heterocycles. The molecule has 2 unspecified atom stereocenters. The smallest absolute Gasteiger partial charge is 0.384 e. The Labute approximate surface area is 609 Å². The van der Waals surface area contributed by atoms with Crippen molar-refractivity contribution < 1.29 is 35.5 Å². The third kappa shape index (κ3) is 16.9. The number of alkyl halides is 3. The van der Waals surface area contributed by atoms with Gasteiger partial charge >= 0.3 is 6.18 Å². The summed E-state index contributed by atoms with van der Waals surface area (Å²) >= 11 is 0. The van der Waals surface area contributed by atoms with Crippen molar-refractivity contribution in [2.45, 2.75) is 65.2 Å². The summed E-state index contributed by atoms with van der Waals surface area (Å²) in [6.07, 6.45) is 9.57. The van der Waals surface area contributed by atoms with Crippen LogP contribution in [0, 0.1) is 50.1 Å². The molecule has 8 aromatic carbocycles. The van der Waals surface area contributed by atoms with Gasteiger partial charge in [-0.05, 0) is 211 Å². The molecule has 533 valence electrons. The van der Waals surface area contributed by atoms with Crippen molar-refractivity contribution in [3.8, 4) is 33.6 Å². The van der Waals surface area contributed by atoms with Gasteiger partial charge in [0.15, 0.2) is 5.82 Å². The lowest BCUT2D eigenvalue weighted by molar-refractivity contribution is -0.137. The van der Waals surface area contributed by atoms with Crippen LogP contribution >= 0.6 is 0 Å². The molecule has 0 spiro atoms. The van der Waals surface area contributed by atoms with E-state index in [1.807, 2.05) is 111 Å². The molecule has 1 amide bonds. The molecule has 0 bridgehead atoms. The number of hydrogen-bond donors (Lipinski definition) is 6. The zero-order chi connectivity index (χ0) is 74.0. The Morgan fingerprint density at radius 1 is 0.547 bits per heavy atom. The van der Waals surface area contributed by atoms with Gasteiger partial charge in [0.05, 0.1) is 34.7 Å². The molecular weight excluding hydrogens is 1350 g/mol. The number of nitrogens with one attached hydrogen (secondary N) is 5. The van der Waals surface area contributed by atoms with Gasteiger partial charge in [-0.15, -0.1) is 0 Å². The molecule has 0 saturated heterocycles. The number of carbonyl (C=O) groups excluding carboxylic acids is 1. The molecule has 0 fully saturated rings. The van der Waals surface area contributed by atoms with Gasteiger partial charge in [0, 0.05) is 104 Å². The molecule has 0 saturated carbocycles. The van der Waals surface area contributed by atoms with Gasteiger partial charge in [-0.2, -0.15) is 18.2 Å². The van der Waals surface area contributed by atoms with Gasteiger partial charge in [0.25, 0.3) is 0 Å². The van der Waals surface area contributed by atoms with Crippen LogP contribution in [0.5, 0.6) is 0 Å². The van der Waals surface area contributed by atoms with Gasteiger partial charge in [0.2, 0.25) is 11.9 Å². The van der Waals surface area contributed by atoms with E-state index in [0.29, 0.717) is 93.2 Å². The highest BCUT2D eigenvalue weighted by Crippen LogP contribution is 2.55. The number of rotatable bonds is 25. The highest BCUT2D eigenvalue weighted by atomic mass is 19.4. The number of aromatic nitrogens is 6. The van der Waals surface area contributed by atoms with E-state index in [1.54, 1.807) is 61.1 Å². The molecule has 1 radical (unpaired) electrons. The summed E-state index contributed by atoms with van der Waals surface area (Å²) in [5, 5.41) is 17.0. The predicted molar refractivity (Wildman–Crippen MR) is 405 cm³/mol. The van der Waals surface area contributed by atoms with E-state index in [4.69, 9.17) is 15.7 Å². The molecule has 1 aliphatic rings. The molecule has 14 nitrogen and oxygen atoms in total. The number of pyridine rings is 2. The number of carbonyl (C=O) groups is 1. The van der Waals surface area contributed by atoms with Gasteiger partial charge in [0.1, 0.15) is 34.9 Å². The van der Waals surface area contributed by atoms with E-state index in [2.05, 4.69) is 52.6 Å². The fourth-order valence-electron chi connectivity index (χ4n) is 13.2. The monoisotopic (exact) mass is 1420 g/mol. The minimum Gasteiger partial charge on any atom is -0.384 e. The Bertz CT molecular complexity index is 5220. The number of halogens is 7. The maximum Gasteiger partial charge on any atom is 0.416 e. The number of allylic oxidation sites excluding steroid dienone is 2. The first-order chi connectivity index (χ1) is 51.3. The highest BCUT2D eigenvalue weighted by Gasteiger charge is 2.40. The van der Waals surface area contributed by atoms with Crippen molar-refractivity contribution in [3.63, 3.8) is 0 Å².